The summed E-state index contributed by atoms with van der Waals surface area (Å²) in [7, 11) is 1.71. The van der Waals surface area contributed by atoms with Crippen molar-refractivity contribution in [1.82, 2.24) is 24.7 Å². The summed E-state index contributed by atoms with van der Waals surface area (Å²) in [5.41, 5.74) is 0.847. The maximum atomic E-state index is 5.34. The van der Waals surface area contributed by atoms with Crippen molar-refractivity contribution in [2.24, 2.45) is 0 Å². The van der Waals surface area contributed by atoms with Gasteiger partial charge in [-0.1, -0.05) is 20.8 Å². The summed E-state index contributed by atoms with van der Waals surface area (Å²) in [6.07, 6.45) is 4.55. The first-order valence-electron chi connectivity index (χ1n) is 10.00. The van der Waals surface area contributed by atoms with Gasteiger partial charge in [-0.05, 0) is 19.3 Å². The quantitative estimate of drug-likeness (QED) is 0.824. The van der Waals surface area contributed by atoms with Crippen molar-refractivity contribution in [2.45, 2.75) is 70.9 Å². The van der Waals surface area contributed by atoms with Gasteiger partial charge < -0.3 is 14.2 Å². The van der Waals surface area contributed by atoms with E-state index in [1.807, 2.05) is 0 Å². The Morgan fingerprint density at radius 1 is 1.15 bits per heavy atom. The van der Waals surface area contributed by atoms with Crippen LogP contribution >= 0.6 is 0 Å². The smallest absolute Gasteiger partial charge is 0.137 e. The fourth-order valence-corrected chi connectivity index (χ4v) is 4.07. The summed E-state index contributed by atoms with van der Waals surface area (Å²) in [4.78, 5) is 12.0. The third-order valence-electron chi connectivity index (χ3n) is 5.48. The Morgan fingerprint density at radius 2 is 2.00 bits per heavy atom. The molecule has 7 heteroatoms. The van der Waals surface area contributed by atoms with Crippen LogP contribution in [0.2, 0.25) is 0 Å². The van der Waals surface area contributed by atoms with E-state index in [2.05, 4.69) is 46.5 Å². The summed E-state index contributed by atoms with van der Waals surface area (Å²) in [6.45, 7) is 9.99. The fourth-order valence-electron chi connectivity index (χ4n) is 4.07. The van der Waals surface area contributed by atoms with Gasteiger partial charge in [0.25, 0.3) is 0 Å². The first kappa shape index (κ1) is 18.3. The number of nitrogens with zero attached hydrogens (tertiary/aromatic N) is 6. The van der Waals surface area contributed by atoms with Crippen LogP contribution in [0.1, 0.15) is 69.1 Å². The molecule has 0 spiro atoms. The van der Waals surface area contributed by atoms with E-state index < -0.39 is 0 Å². The van der Waals surface area contributed by atoms with E-state index in [0.29, 0.717) is 12.5 Å². The number of piperidine rings is 1. The van der Waals surface area contributed by atoms with Crippen molar-refractivity contribution in [3.8, 4) is 0 Å². The Kier molecular flexibility index (Phi) is 4.88. The molecule has 0 radical (unpaired) electrons. The summed E-state index contributed by atoms with van der Waals surface area (Å²) < 4.78 is 7.68. The minimum Gasteiger partial charge on any atom is -0.378 e. The minimum absolute atomic E-state index is 0.0957. The maximum Gasteiger partial charge on any atom is 0.137 e. The Hall–Kier alpha value is -2.02. The molecule has 1 fully saturated rings. The zero-order valence-corrected chi connectivity index (χ0v) is 16.9. The van der Waals surface area contributed by atoms with Gasteiger partial charge in [-0.2, -0.15) is 0 Å². The molecule has 0 bridgehead atoms. The highest BCUT2D eigenvalue weighted by Gasteiger charge is 2.30. The molecule has 4 heterocycles. The van der Waals surface area contributed by atoms with Crippen LogP contribution in [-0.4, -0.2) is 44.9 Å². The average Bonchev–Trinajstić information content (AvgIpc) is 3.24. The number of hydrogen-bond acceptors (Lipinski definition) is 6. The molecule has 4 rings (SSSR count). The van der Waals surface area contributed by atoms with E-state index in [-0.39, 0.29) is 5.41 Å². The normalized spacial score (nSPS) is 20.1. The molecule has 7 nitrogen and oxygen atoms in total. The summed E-state index contributed by atoms with van der Waals surface area (Å²) in [6, 6.07) is 2.08. The Balaban J connectivity index is 1.61. The highest BCUT2D eigenvalue weighted by molar-refractivity contribution is 5.42. The molecule has 2 aliphatic rings. The Bertz CT molecular complexity index is 809. The molecule has 2 aromatic rings. The van der Waals surface area contributed by atoms with Crippen LogP contribution in [-0.2, 0) is 29.7 Å². The second kappa shape index (κ2) is 7.19. The van der Waals surface area contributed by atoms with E-state index >= 15 is 0 Å². The number of aryl methyl sites for hydroxylation is 1. The number of methoxy groups -OCH3 is 1. The van der Waals surface area contributed by atoms with Gasteiger partial charge in [0, 0.05) is 50.6 Å². The second-order valence-corrected chi connectivity index (χ2v) is 8.74. The van der Waals surface area contributed by atoms with Gasteiger partial charge in [-0.25, -0.2) is 9.97 Å². The van der Waals surface area contributed by atoms with Crippen LogP contribution in [0.25, 0.3) is 0 Å². The van der Waals surface area contributed by atoms with E-state index in [4.69, 9.17) is 14.7 Å². The first-order chi connectivity index (χ1) is 13.0. The van der Waals surface area contributed by atoms with E-state index in [1.54, 1.807) is 7.11 Å². The van der Waals surface area contributed by atoms with Gasteiger partial charge in [0.05, 0.1) is 12.3 Å². The minimum atomic E-state index is -0.0957. The molecular weight excluding hydrogens is 340 g/mol. The number of hydrogen-bond donors (Lipinski definition) is 0. The number of rotatable bonds is 4. The zero-order valence-electron chi connectivity index (χ0n) is 16.9. The second-order valence-electron chi connectivity index (χ2n) is 8.74. The standard InChI is InChI=1S/C20H30N6O/c1-20(2,3)19-21-15(13-27-4)11-17(22-19)25-9-5-7-14(12-25)18-24-23-16-8-6-10-26(16)18/h11,14H,5-10,12-13H2,1-4H3. The maximum absolute atomic E-state index is 5.34. The molecule has 1 unspecified atom stereocenters. The van der Waals surface area contributed by atoms with Gasteiger partial charge >= 0.3 is 0 Å². The van der Waals surface area contributed by atoms with Crippen molar-refractivity contribution < 1.29 is 4.74 Å². The monoisotopic (exact) mass is 370 g/mol. The highest BCUT2D eigenvalue weighted by atomic mass is 16.5. The SMILES string of the molecule is COCc1cc(N2CCCC(c3nnc4n3CCC4)C2)nc(C(C)(C)C)n1. The van der Waals surface area contributed by atoms with E-state index in [0.717, 1.165) is 67.9 Å². The van der Waals surface area contributed by atoms with Gasteiger partial charge in [0.15, 0.2) is 0 Å². The molecule has 0 saturated carbocycles. The lowest BCUT2D eigenvalue weighted by molar-refractivity contribution is 0.181. The lowest BCUT2D eigenvalue weighted by Gasteiger charge is -2.34. The van der Waals surface area contributed by atoms with E-state index in [9.17, 15) is 0 Å². The Morgan fingerprint density at radius 3 is 2.78 bits per heavy atom. The first-order valence-corrected chi connectivity index (χ1v) is 10.00. The summed E-state index contributed by atoms with van der Waals surface area (Å²) in [5, 5.41) is 8.93. The molecule has 146 valence electrons. The topological polar surface area (TPSA) is 69.0 Å². The molecule has 1 atom stereocenters. The van der Waals surface area contributed by atoms with Crippen molar-refractivity contribution in [3.05, 3.63) is 29.2 Å². The van der Waals surface area contributed by atoms with Crippen LogP contribution in [0, 0.1) is 0 Å². The van der Waals surface area contributed by atoms with Crippen LogP contribution in [0.5, 0.6) is 0 Å². The van der Waals surface area contributed by atoms with Gasteiger partial charge in [-0.3, -0.25) is 0 Å². The molecule has 1 saturated heterocycles. The van der Waals surface area contributed by atoms with Crippen LogP contribution in [0.4, 0.5) is 5.82 Å². The number of fused-ring (bicyclic) bond motifs is 1. The summed E-state index contributed by atoms with van der Waals surface area (Å²) >= 11 is 0. The predicted molar refractivity (Wildman–Crippen MR) is 104 cm³/mol. The fraction of sp³-hybridized carbons (Fsp3) is 0.700. The number of aromatic nitrogens is 5. The Labute approximate surface area is 161 Å². The molecule has 0 N–H and O–H groups in total. The predicted octanol–water partition coefficient (Wildman–Crippen LogP) is 2.84. The molecule has 2 aliphatic heterocycles. The lowest BCUT2D eigenvalue weighted by atomic mass is 9.95. The molecule has 0 aliphatic carbocycles. The third kappa shape index (κ3) is 3.70. The van der Waals surface area contributed by atoms with Gasteiger partial charge in [-0.15, -0.1) is 10.2 Å². The molecule has 0 aromatic carbocycles. The molecule has 0 amide bonds. The van der Waals surface area contributed by atoms with Gasteiger partial charge in [0.2, 0.25) is 0 Å². The molecule has 27 heavy (non-hydrogen) atoms. The van der Waals surface area contributed by atoms with Crippen LogP contribution < -0.4 is 4.90 Å². The van der Waals surface area contributed by atoms with Crippen molar-refractivity contribution in [3.63, 3.8) is 0 Å². The van der Waals surface area contributed by atoms with Crippen molar-refractivity contribution in [2.75, 3.05) is 25.1 Å². The zero-order chi connectivity index (χ0) is 19.0. The third-order valence-corrected chi connectivity index (χ3v) is 5.48. The highest BCUT2D eigenvalue weighted by Crippen LogP contribution is 2.31. The van der Waals surface area contributed by atoms with Crippen LogP contribution in [0.3, 0.4) is 0 Å². The molecule has 2 aromatic heterocycles. The van der Waals surface area contributed by atoms with Crippen molar-refractivity contribution in [1.29, 1.82) is 0 Å². The largest absolute Gasteiger partial charge is 0.378 e. The summed E-state index contributed by atoms with van der Waals surface area (Å²) in [5.74, 6) is 4.61. The number of anilines is 1. The van der Waals surface area contributed by atoms with Gasteiger partial charge in [0.1, 0.15) is 23.3 Å². The molecular formula is C20H30N6O. The van der Waals surface area contributed by atoms with E-state index in [1.165, 1.54) is 6.42 Å². The number of ether oxygens (including phenoxy) is 1. The lowest BCUT2D eigenvalue weighted by Crippen LogP contribution is -2.36. The average molecular weight is 371 g/mol. The van der Waals surface area contributed by atoms with Crippen molar-refractivity contribution >= 4 is 5.82 Å². The van der Waals surface area contributed by atoms with Crippen LogP contribution in [0.15, 0.2) is 6.07 Å².